The van der Waals surface area contributed by atoms with Gasteiger partial charge in [-0.05, 0) is 44.8 Å². The highest BCUT2D eigenvalue weighted by molar-refractivity contribution is 7.80. The Balaban J connectivity index is 4.33. The van der Waals surface area contributed by atoms with Crippen molar-refractivity contribution in [2.24, 2.45) is 16.8 Å². The Hall–Kier alpha value is -0.900. The second-order valence-corrected chi connectivity index (χ2v) is 4.29. The van der Waals surface area contributed by atoms with Crippen LogP contribution in [0.25, 0.3) is 0 Å². The van der Waals surface area contributed by atoms with Crippen LogP contribution in [0.5, 0.6) is 0 Å². The zero-order valence-electron chi connectivity index (χ0n) is 10.0. The molecule has 0 spiro atoms. The van der Waals surface area contributed by atoms with Crippen LogP contribution in [0.4, 0.5) is 0 Å². The Kier molecular flexibility index (Phi) is 6.96. The van der Waals surface area contributed by atoms with Crippen molar-refractivity contribution in [3.05, 3.63) is 11.6 Å². The van der Waals surface area contributed by atoms with E-state index in [0.29, 0.717) is 5.92 Å². The first kappa shape index (κ1) is 14.1. The van der Waals surface area contributed by atoms with Gasteiger partial charge in [-0.3, -0.25) is 5.43 Å². The summed E-state index contributed by atoms with van der Waals surface area (Å²) in [5.74, 6) is 0.423. The first-order valence-electron chi connectivity index (χ1n) is 5.22. The van der Waals surface area contributed by atoms with Crippen LogP contribution in [-0.4, -0.2) is 10.8 Å². The van der Waals surface area contributed by atoms with E-state index in [1.165, 1.54) is 5.57 Å². The average Bonchev–Trinajstić information content (AvgIpc) is 2.15. The van der Waals surface area contributed by atoms with Gasteiger partial charge in [-0.1, -0.05) is 25.5 Å². The summed E-state index contributed by atoms with van der Waals surface area (Å²) < 4.78 is 0. The van der Waals surface area contributed by atoms with Crippen LogP contribution < -0.4 is 11.2 Å². The third kappa shape index (κ3) is 7.08. The molecular formula is C11H21N3S. The van der Waals surface area contributed by atoms with Gasteiger partial charge in [0.25, 0.3) is 0 Å². The summed E-state index contributed by atoms with van der Waals surface area (Å²) in [5.41, 5.74) is 10.4. The van der Waals surface area contributed by atoms with Crippen LogP contribution >= 0.6 is 12.2 Å². The van der Waals surface area contributed by atoms with Crippen molar-refractivity contribution in [2.75, 3.05) is 0 Å². The molecule has 4 heteroatoms. The summed E-state index contributed by atoms with van der Waals surface area (Å²) in [6.45, 7) is 8.44. The highest BCUT2D eigenvalue weighted by Gasteiger charge is 2.07. The quantitative estimate of drug-likeness (QED) is 0.328. The second kappa shape index (κ2) is 7.40. The van der Waals surface area contributed by atoms with Gasteiger partial charge in [-0.15, -0.1) is 0 Å². The predicted molar refractivity (Wildman–Crippen MR) is 70.9 cm³/mol. The van der Waals surface area contributed by atoms with E-state index in [2.05, 4.69) is 44.3 Å². The summed E-state index contributed by atoms with van der Waals surface area (Å²) in [6.07, 6.45) is 4.14. The maximum absolute atomic E-state index is 5.32. The van der Waals surface area contributed by atoms with Crippen LogP contribution in [-0.2, 0) is 0 Å². The maximum atomic E-state index is 5.32. The largest absolute Gasteiger partial charge is 0.375 e. The Bertz CT molecular complexity index is 265. The molecule has 86 valence electrons. The zero-order valence-corrected chi connectivity index (χ0v) is 10.8. The molecule has 0 aliphatic heterocycles. The first-order chi connectivity index (χ1) is 6.97. The molecule has 0 aliphatic rings. The maximum Gasteiger partial charge on any atom is 0.184 e. The fourth-order valence-electron chi connectivity index (χ4n) is 1.21. The predicted octanol–water partition coefficient (Wildman–Crippen LogP) is 2.58. The van der Waals surface area contributed by atoms with Crippen molar-refractivity contribution in [3.63, 3.8) is 0 Å². The van der Waals surface area contributed by atoms with Crippen molar-refractivity contribution >= 4 is 23.0 Å². The number of hydrogen-bond donors (Lipinski definition) is 2. The van der Waals surface area contributed by atoms with Gasteiger partial charge in [-0.2, -0.15) is 5.10 Å². The van der Waals surface area contributed by atoms with E-state index in [0.717, 1.165) is 18.6 Å². The molecule has 1 atom stereocenters. The number of rotatable bonds is 5. The zero-order chi connectivity index (χ0) is 11.8. The SMILES string of the molecule is CC/C(=N\NC(N)=S)C(C)CC=C(C)C. The molecule has 0 saturated heterocycles. The molecule has 0 aromatic rings. The van der Waals surface area contributed by atoms with Crippen molar-refractivity contribution in [1.29, 1.82) is 0 Å². The molecule has 1 unspecified atom stereocenters. The Morgan fingerprint density at radius 1 is 1.53 bits per heavy atom. The topological polar surface area (TPSA) is 50.4 Å². The lowest BCUT2D eigenvalue weighted by molar-refractivity contribution is 0.755. The van der Waals surface area contributed by atoms with Crippen LogP contribution in [0.1, 0.15) is 40.5 Å². The van der Waals surface area contributed by atoms with Crippen molar-refractivity contribution in [3.8, 4) is 0 Å². The molecule has 0 aromatic carbocycles. The lowest BCUT2D eigenvalue weighted by Gasteiger charge is -2.11. The fraction of sp³-hybridized carbons (Fsp3) is 0.636. The number of hydrazone groups is 1. The van der Waals surface area contributed by atoms with E-state index < -0.39 is 0 Å². The van der Waals surface area contributed by atoms with Gasteiger partial charge >= 0.3 is 0 Å². The van der Waals surface area contributed by atoms with Crippen molar-refractivity contribution < 1.29 is 0 Å². The highest BCUT2D eigenvalue weighted by atomic mass is 32.1. The molecule has 0 fully saturated rings. The van der Waals surface area contributed by atoms with Crippen molar-refractivity contribution in [2.45, 2.75) is 40.5 Å². The van der Waals surface area contributed by atoms with E-state index >= 15 is 0 Å². The number of allylic oxidation sites excluding steroid dienone is 2. The third-order valence-electron chi connectivity index (χ3n) is 2.12. The van der Waals surface area contributed by atoms with E-state index in [9.17, 15) is 0 Å². The molecule has 0 amide bonds. The minimum atomic E-state index is 0.218. The molecule has 3 N–H and O–H groups in total. The summed E-state index contributed by atoms with van der Waals surface area (Å²) in [5, 5.41) is 4.41. The molecule has 15 heavy (non-hydrogen) atoms. The van der Waals surface area contributed by atoms with Crippen LogP contribution in [0.2, 0.25) is 0 Å². The van der Waals surface area contributed by atoms with Gasteiger partial charge in [0.2, 0.25) is 0 Å². The Morgan fingerprint density at radius 2 is 2.13 bits per heavy atom. The van der Waals surface area contributed by atoms with Crippen LogP contribution in [0, 0.1) is 5.92 Å². The summed E-state index contributed by atoms with van der Waals surface area (Å²) in [6, 6.07) is 0. The van der Waals surface area contributed by atoms with Gasteiger partial charge < -0.3 is 5.73 Å². The smallest absolute Gasteiger partial charge is 0.184 e. The van der Waals surface area contributed by atoms with Gasteiger partial charge in [0, 0.05) is 5.71 Å². The highest BCUT2D eigenvalue weighted by Crippen LogP contribution is 2.10. The standard InChI is InChI=1S/C11H21N3S/c1-5-10(13-14-11(12)15)9(4)7-6-8(2)3/h6,9H,5,7H2,1-4H3,(H3,12,14,15)/b13-10+. The number of nitrogens with one attached hydrogen (secondary N) is 1. The third-order valence-corrected chi connectivity index (χ3v) is 2.21. The van der Waals surface area contributed by atoms with Crippen LogP contribution in [0.3, 0.4) is 0 Å². The molecule has 3 nitrogen and oxygen atoms in total. The van der Waals surface area contributed by atoms with Gasteiger partial charge in [0.1, 0.15) is 0 Å². The normalized spacial score (nSPS) is 13.2. The monoisotopic (exact) mass is 227 g/mol. The summed E-state index contributed by atoms with van der Waals surface area (Å²) >= 11 is 4.70. The van der Waals surface area contributed by atoms with Gasteiger partial charge in [0.05, 0.1) is 0 Å². The van der Waals surface area contributed by atoms with Crippen molar-refractivity contribution in [1.82, 2.24) is 5.43 Å². The van der Waals surface area contributed by atoms with Gasteiger partial charge in [-0.25, -0.2) is 0 Å². The lowest BCUT2D eigenvalue weighted by Crippen LogP contribution is -2.26. The number of hydrogen-bond acceptors (Lipinski definition) is 2. The summed E-state index contributed by atoms with van der Waals surface area (Å²) in [7, 11) is 0. The molecule has 0 radical (unpaired) electrons. The minimum absolute atomic E-state index is 0.218. The fourth-order valence-corrected chi connectivity index (χ4v) is 1.26. The van der Waals surface area contributed by atoms with E-state index in [1.807, 2.05) is 0 Å². The van der Waals surface area contributed by atoms with Crippen LogP contribution in [0.15, 0.2) is 16.8 Å². The molecule has 0 aromatic heterocycles. The first-order valence-corrected chi connectivity index (χ1v) is 5.63. The lowest BCUT2D eigenvalue weighted by atomic mass is 9.99. The number of nitrogens with zero attached hydrogens (tertiary/aromatic N) is 1. The van der Waals surface area contributed by atoms with Gasteiger partial charge in [0.15, 0.2) is 5.11 Å². The summed E-state index contributed by atoms with van der Waals surface area (Å²) in [4.78, 5) is 0. The molecule has 0 aliphatic carbocycles. The van der Waals surface area contributed by atoms with E-state index in [1.54, 1.807) is 0 Å². The second-order valence-electron chi connectivity index (χ2n) is 3.85. The average molecular weight is 227 g/mol. The number of thiocarbonyl (C=S) groups is 1. The van der Waals surface area contributed by atoms with E-state index in [-0.39, 0.29) is 5.11 Å². The molecule has 0 heterocycles. The Labute approximate surface area is 97.8 Å². The molecular weight excluding hydrogens is 206 g/mol. The molecule has 0 bridgehead atoms. The Morgan fingerprint density at radius 3 is 2.53 bits per heavy atom. The minimum Gasteiger partial charge on any atom is -0.375 e. The number of nitrogens with two attached hydrogens (primary N) is 1. The molecule has 0 rings (SSSR count). The molecule has 0 saturated carbocycles. The van der Waals surface area contributed by atoms with E-state index in [4.69, 9.17) is 18.0 Å².